The normalized spacial score (nSPS) is 14.5. The Bertz CT molecular complexity index is 1870. The van der Waals surface area contributed by atoms with Gasteiger partial charge in [-0.1, -0.05) is 25.8 Å². The van der Waals surface area contributed by atoms with E-state index in [1.807, 2.05) is 12.1 Å². The van der Waals surface area contributed by atoms with Gasteiger partial charge in [-0.3, -0.25) is 34.2 Å². The van der Waals surface area contributed by atoms with Gasteiger partial charge in [0.15, 0.2) is 0 Å². The molecule has 1 saturated heterocycles. The maximum atomic E-state index is 13.2. The Labute approximate surface area is 416 Å². The Morgan fingerprint density at radius 1 is 0.577 bits per heavy atom. The molecule has 2 aliphatic heterocycles. The first-order valence-corrected chi connectivity index (χ1v) is 24.7. The second-order valence-electron chi connectivity index (χ2n) is 16.2. The maximum absolute atomic E-state index is 13.2. The molecule has 4 rings (SSSR count). The fourth-order valence-electron chi connectivity index (χ4n) is 6.99. The lowest BCUT2D eigenvalue weighted by atomic mass is 10.0. The van der Waals surface area contributed by atoms with Crippen LogP contribution in [-0.2, 0) is 66.5 Å². The first-order chi connectivity index (χ1) is 34.8. The van der Waals surface area contributed by atoms with Crippen LogP contribution in [0.2, 0.25) is 0 Å². The number of amides is 5. The Morgan fingerprint density at radius 3 is 1.56 bits per heavy atom. The lowest BCUT2D eigenvalue weighted by Crippen LogP contribution is -2.54. The number of unbranched alkanes of at least 4 members (excludes halogenated alkanes) is 3. The molecule has 71 heavy (non-hydrogen) atoms. The van der Waals surface area contributed by atoms with Gasteiger partial charge in [-0.25, -0.2) is 4.79 Å². The summed E-state index contributed by atoms with van der Waals surface area (Å²) in [5.74, 6) is -3.11. The number of hydrogen-bond acceptors (Lipinski definition) is 18. The number of carbonyl (C=O) groups is 6. The Morgan fingerprint density at radius 2 is 1.07 bits per heavy atom. The van der Waals surface area contributed by atoms with E-state index in [4.69, 9.17) is 52.1 Å². The smallest absolute Gasteiger partial charge is 0.338 e. The minimum atomic E-state index is -1.08. The zero-order valence-corrected chi connectivity index (χ0v) is 41.2. The Hall–Kier alpha value is -4.94. The van der Waals surface area contributed by atoms with Crippen LogP contribution in [0.3, 0.4) is 0 Å². The van der Waals surface area contributed by atoms with Gasteiger partial charge in [0, 0.05) is 31.7 Å². The standard InChI is InChI=1S/C50H74N4O17/c1-2-3-17-51-40-13-11-39(12-14-40)50(60)71-38-37-70-36-35-69-34-33-68-32-31-67-30-29-66-28-27-65-26-25-64-24-23-63-22-21-62-20-19-61-18-6-4-5-10-44(55)52-42-9-7-8-41-46(42)49(59)54(48(41)58)43-15-16-45(56)53-47(43)57/h7-9,11-14,43,51H,2-6,10,15-38H2,1H3,(H,52,55)(H,53,56,57). The van der Waals surface area contributed by atoms with Crippen LogP contribution in [0.4, 0.5) is 11.4 Å². The summed E-state index contributed by atoms with van der Waals surface area (Å²) < 4.78 is 60.4. The van der Waals surface area contributed by atoms with Crippen LogP contribution in [0, 0.1) is 0 Å². The summed E-state index contributed by atoms with van der Waals surface area (Å²) in [4.78, 5) is 75.8. The molecule has 0 aromatic heterocycles. The van der Waals surface area contributed by atoms with Crippen molar-refractivity contribution in [3.05, 3.63) is 59.2 Å². The van der Waals surface area contributed by atoms with E-state index in [-0.39, 0.29) is 54.6 Å². The number of ether oxygens (including phenoxy) is 11. The fourth-order valence-corrected chi connectivity index (χ4v) is 6.99. The lowest BCUT2D eigenvalue weighted by molar-refractivity contribution is -0.136. The van der Waals surface area contributed by atoms with Gasteiger partial charge in [-0.2, -0.15) is 0 Å². The Balaban J connectivity index is 0.799. The molecule has 21 heteroatoms. The molecule has 21 nitrogen and oxygen atoms in total. The molecular weight excluding hydrogens is 929 g/mol. The summed E-state index contributed by atoms with van der Waals surface area (Å²) in [5.41, 5.74) is 1.86. The van der Waals surface area contributed by atoms with Crippen molar-refractivity contribution in [3.8, 4) is 0 Å². The number of nitrogens with zero attached hydrogens (tertiary/aromatic N) is 1. The highest BCUT2D eigenvalue weighted by Gasteiger charge is 2.45. The number of anilines is 2. The van der Waals surface area contributed by atoms with Crippen molar-refractivity contribution in [3.63, 3.8) is 0 Å². The third-order valence-electron chi connectivity index (χ3n) is 10.7. The van der Waals surface area contributed by atoms with Gasteiger partial charge in [0.25, 0.3) is 11.8 Å². The van der Waals surface area contributed by atoms with Crippen molar-refractivity contribution >= 4 is 46.9 Å². The predicted molar refractivity (Wildman–Crippen MR) is 259 cm³/mol. The number of esters is 1. The van der Waals surface area contributed by atoms with Crippen LogP contribution >= 0.6 is 0 Å². The topological polar surface area (TPSA) is 243 Å². The average molecular weight is 1000 g/mol. The second-order valence-corrected chi connectivity index (χ2v) is 16.2. The first-order valence-electron chi connectivity index (χ1n) is 24.7. The van der Waals surface area contributed by atoms with Crippen molar-refractivity contribution in [2.75, 3.05) is 156 Å². The number of benzene rings is 2. The van der Waals surface area contributed by atoms with Crippen LogP contribution in [0.1, 0.15) is 89.4 Å². The molecule has 1 fully saturated rings. The summed E-state index contributed by atoms with van der Waals surface area (Å²) in [6.07, 6.45) is 4.64. The van der Waals surface area contributed by atoms with Crippen LogP contribution < -0.4 is 16.0 Å². The molecule has 0 saturated carbocycles. The van der Waals surface area contributed by atoms with E-state index in [0.717, 1.165) is 42.8 Å². The molecule has 2 heterocycles. The molecule has 0 spiro atoms. The molecule has 2 aromatic rings. The quantitative estimate of drug-likeness (QED) is 0.0486. The third-order valence-corrected chi connectivity index (χ3v) is 10.7. The highest BCUT2D eigenvalue weighted by molar-refractivity contribution is 6.26. The number of hydrogen-bond donors (Lipinski definition) is 3. The van der Waals surface area contributed by atoms with E-state index in [0.29, 0.717) is 144 Å². The fraction of sp³-hybridized carbons (Fsp3) is 0.640. The highest BCUT2D eigenvalue weighted by atomic mass is 16.6. The van der Waals surface area contributed by atoms with Crippen LogP contribution in [0.25, 0.3) is 0 Å². The van der Waals surface area contributed by atoms with Gasteiger partial charge in [0.2, 0.25) is 17.7 Å². The number of fused-ring (bicyclic) bond motifs is 1. The molecule has 0 radical (unpaired) electrons. The minimum absolute atomic E-state index is 0.0239. The number of piperidine rings is 1. The predicted octanol–water partition coefficient (Wildman–Crippen LogP) is 3.82. The van der Waals surface area contributed by atoms with Gasteiger partial charge in [-0.05, 0) is 62.1 Å². The molecule has 396 valence electrons. The van der Waals surface area contributed by atoms with Crippen LogP contribution in [-0.4, -0.2) is 192 Å². The van der Waals surface area contributed by atoms with Gasteiger partial charge >= 0.3 is 5.97 Å². The summed E-state index contributed by atoms with van der Waals surface area (Å²) in [5, 5.41) is 8.22. The molecule has 2 aliphatic rings. The highest BCUT2D eigenvalue weighted by Crippen LogP contribution is 2.32. The van der Waals surface area contributed by atoms with Crippen LogP contribution in [0.15, 0.2) is 42.5 Å². The third kappa shape index (κ3) is 23.9. The minimum Gasteiger partial charge on any atom is -0.460 e. The monoisotopic (exact) mass is 1000 g/mol. The zero-order chi connectivity index (χ0) is 50.6. The van der Waals surface area contributed by atoms with Gasteiger partial charge in [-0.15, -0.1) is 0 Å². The zero-order valence-electron chi connectivity index (χ0n) is 41.2. The van der Waals surface area contributed by atoms with Gasteiger partial charge in [0.1, 0.15) is 12.6 Å². The summed E-state index contributed by atoms with van der Waals surface area (Å²) in [6, 6.07) is 10.8. The van der Waals surface area contributed by atoms with Crippen LogP contribution in [0.5, 0.6) is 0 Å². The molecular formula is C50H74N4O17. The van der Waals surface area contributed by atoms with E-state index >= 15 is 0 Å². The molecule has 1 atom stereocenters. The second kappa shape index (κ2) is 36.9. The molecule has 1 unspecified atom stereocenters. The van der Waals surface area contributed by atoms with Crippen molar-refractivity contribution in [2.45, 2.75) is 64.3 Å². The largest absolute Gasteiger partial charge is 0.460 e. The summed E-state index contributed by atoms with van der Waals surface area (Å²) in [7, 11) is 0. The average Bonchev–Trinajstić information content (AvgIpc) is 3.62. The molecule has 2 aromatic carbocycles. The number of nitrogens with one attached hydrogen (secondary N) is 3. The maximum Gasteiger partial charge on any atom is 0.338 e. The van der Waals surface area contributed by atoms with Gasteiger partial charge in [0.05, 0.1) is 148 Å². The molecule has 0 bridgehead atoms. The van der Waals surface area contributed by atoms with Crippen molar-refractivity contribution in [1.29, 1.82) is 0 Å². The van der Waals surface area contributed by atoms with E-state index < -0.39 is 29.7 Å². The molecule has 3 N–H and O–H groups in total. The SMILES string of the molecule is CCCCNc1ccc(C(=O)OCCOCCOCCOCCOCCOCCOCCOCCOCCOCCOCCCCCC(=O)Nc2cccc3c2C(=O)N(C2CCC(=O)NC2=O)C3=O)cc1. The first kappa shape index (κ1) is 58.6. The summed E-state index contributed by atoms with van der Waals surface area (Å²) >= 11 is 0. The van der Waals surface area contributed by atoms with E-state index in [9.17, 15) is 28.8 Å². The van der Waals surface area contributed by atoms with Crippen molar-refractivity contribution in [1.82, 2.24) is 10.2 Å². The van der Waals surface area contributed by atoms with E-state index in [1.54, 1.807) is 24.3 Å². The van der Waals surface area contributed by atoms with E-state index in [2.05, 4.69) is 22.9 Å². The molecule has 0 aliphatic carbocycles. The van der Waals surface area contributed by atoms with Crippen molar-refractivity contribution < 1.29 is 80.9 Å². The summed E-state index contributed by atoms with van der Waals surface area (Å²) in [6.45, 7) is 12.0. The number of carbonyl (C=O) groups excluding carboxylic acids is 6. The van der Waals surface area contributed by atoms with E-state index in [1.165, 1.54) is 6.07 Å². The lowest BCUT2D eigenvalue weighted by Gasteiger charge is -2.27. The Kier molecular flexibility index (Phi) is 30.5. The number of imide groups is 2. The number of rotatable bonds is 43. The van der Waals surface area contributed by atoms with Crippen molar-refractivity contribution in [2.24, 2.45) is 0 Å². The van der Waals surface area contributed by atoms with Gasteiger partial charge < -0.3 is 62.7 Å². The molecule has 5 amide bonds.